The molecule has 4 aromatic rings. The Labute approximate surface area is 171 Å². The molecule has 0 fully saturated rings. The van der Waals surface area contributed by atoms with Crippen LogP contribution in [-0.2, 0) is 0 Å². The molecular formula is C22H17N3O3S. The Morgan fingerprint density at radius 2 is 1.55 bits per heavy atom. The molecule has 0 aliphatic rings. The molecule has 0 bridgehead atoms. The monoisotopic (exact) mass is 403 g/mol. The van der Waals surface area contributed by atoms with Crippen molar-refractivity contribution in [3.8, 4) is 10.6 Å². The fraction of sp³-hybridized carbons (Fsp3) is 0.0455. The summed E-state index contributed by atoms with van der Waals surface area (Å²) in [5, 5.41) is 6.39. The minimum atomic E-state index is -0.312. The number of rotatable bonds is 5. The Morgan fingerprint density at radius 1 is 0.862 bits per heavy atom. The van der Waals surface area contributed by atoms with Gasteiger partial charge in [-0.05, 0) is 55.5 Å². The van der Waals surface area contributed by atoms with Crippen LogP contribution in [0.4, 0.5) is 11.4 Å². The van der Waals surface area contributed by atoms with Crippen molar-refractivity contribution in [3.05, 3.63) is 89.3 Å². The van der Waals surface area contributed by atoms with E-state index >= 15 is 0 Å². The number of carbonyl (C=O) groups is 2. The average molecular weight is 403 g/mol. The Bertz CT molecular complexity index is 1130. The average Bonchev–Trinajstić information content (AvgIpc) is 3.39. The van der Waals surface area contributed by atoms with Crippen LogP contribution in [-0.4, -0.2) is 16.8 Å². The van der Waals surface area contributed by atoms with Gasteiger partial charge in [0.1, 0.15) is 9.88 Å². The number of hydrogen-bond donors (Lipinski definition) is 2. The summed E-state index contributed by atoms with van der Waals surface area (Å²) in [6.07, 6.45) is 1.45. The normalized spacial score (nSPS) is 10.5. The molecule has 0 saturated heterocycles. The molecule has 2 aromatic heterocycles. The smallest absolute Gasteiger partial charge is 0.291 e. The number of para-hydroxylation sites is 1. The van der Waals surface area contributed by atoms with Crippen LogP contribution in [0.15, 0.2) is 77.4 Å². The zero-order chi connectivity index (χ0) is 20.2. The molecule has 4 rings (SSSR count). The van der Waals surface area contributed by atoms with Crippen LogP contribution in [0, 0.1) is 6.92 Å². The van der Waals surface area contributed by atoms with Crippen molar-refractivity contribution in [2.45, 2.75) is 6.92 Å². The summed E-state index contributed by atoms with van der Waals surface area (Å²) in [7, 11) is 0. The highest BCUT2D eigenvalue weighted by molar-refractivity contribution is 7.17. The van der Waals surface area contributed by atoms with Crippen LogP contribution >= 0.6 is 11.3 Å². The molecule has 0 saturated carbocycles. The van der Waals surface area contributed by atoms with Gasteiger partial charge in [-0.2, -0.15) is 0 Å². The summed E-state index contributed by atoms with van der Waals surface area (Å²) in [6.45, 7) is 1.82. The largest absolute Gasteiger partial charge is 0.459 e. The van der Waals surface area contributed by atoms with E-state index in [9.17, 15) is 9.59 Å². The molecule has 2 amide bonds. The first-order chi connectivity index (χ1) is 14.1. The predicted octanol–water partition coefficient (Wildman–Crippen LogP) is 5.22. The lowest BCUT2D eigenvalue weighted by Crippen LogP contribution is -2.11. The van der Waals surface area contributed by atoms with E-state index in [1.54, 1.807) is 24.3 Å². The van der Waals surface area contributed by atoms with Crippen LogP contribution in [0.2, 0.25) is 0 Å². The summed E-state index contributed by atoms with van der Waals surface area (Å²) in [6, 6.07) is 19.9. The Kier molecular flexibility index (Phi) is 5.22. The van der Waals surface area contributed by atoms with E-state index in [2.05, 4.69) is 15.6 Å². The number of carbonyl (C=O) groups excluding carboxylic acids is 2. The molecule has 0 aliphatic heterocycles. The van der Waals surface area contributed by atoms with Gasteiger partial charge in [0.25, 0.3) is 11.8 Å². The Hall–Kier alpha value is -3.71. The second-order valence-electron chi connectivity index (χ2n) is 6.26. The maximum atomic E-state index is 12.6. The quantitative estimate of drug-likeness (QED) is 0.479. The molecule has 0 atom stereocenters. The van der Waals surface area contributed by atoms with Gasteiger partial charge in [-0.25, -0.2) is 4.98 Å². The lowest BCUT2D eigenvalue weighted by molar-refractivity contribution is 0.0994. The third kappa shape index (κ3) is 4.25. The summed E-state index contributed by atoms with van der Waals surface area (Å²) < 4.78 is 5.08. The molecule has 144 valence electrons. The highest BCUT2D eigenvalue weighted by Crippen LogP contribution is 2.29. The minimum absolute atomic E-state index is 0.181. The van der Waals surface area contributed by atoms with E-state index in [0.29, 0.717) is 16.3 Å². The van der Waals surface area contributed by atoms with Crippen LogP contribution in [0.25, 0.3) is 10.6 Å². The van der Waals surface area contributed by atoms with Crippen molar-refractivity contribution in [1.82, 2.24) is 4.98 Å². The highest BCUT2D eigenvalue weighted by Gasteiger charge is 2.16. The second kappa shape index (κ2) is 8.12. The van der Waals surface area contributed by atoms with Crippen LogP contribution in [0.5, 0.6) is 0 Å². The van der Waals surface area contributed by atoms with Crippen molar-refractivity contribution >= 4 is 34.5 Å². The maximum absolute atomic E-state index is 12.6. The third-order valence-corrected chi connectivity index (χ3v) is 5.37. The number of aromatic nitrogens is 1. The third-order valence-electron chi connectivity index (χ3n) is 4.17. The van der Waals surface area contributed by atoms with Crippen molar-refractivity contribution in [2.24, 2.45) is 0 Å². The first-order valence-electron chi connectivity index (χ1n) is 8.89. The number of furan rings is 1. The molecule has 29 heavy (non-hydrogen) atoms. The molecule has 2 N–H and O–H groups in total. The Balaban J connectivity index is 1.48. The molecule has 6 nitrogen and oxygen atoms in total. The van der Waals surface area contributed by atoms with Gasteiger partial charge >= 0.3 is 0 Å². The van der Waals surface area contributed by atoms with E-state index in [1.165, 1.54) is 17.6 Å². The van der Waals surface area contributed by atoms with Crippen LogP contribution in [0.3, 0.4) is 0 Å². The van der Waals surface area contributed by atoms with Crippen molar-refractivity contribution in [2.75, 3.05) is 10.6 Å². The molecule has 0 unspecified atom stereocenters. The summed E-state index contributed by atoms with van der Waals surface area (Å²) in [5.74, 6) is -0.244. The summed E-state index contributed by atoms with van der Waals surface area (Å²) >= 11 is 1.33. The first-order valence-corrected chi connectivity index (χ1v) is 9.71. The van der Waals surface area contributed by atoms with Gasteiger partial charge in [0.15, 0.2) is 5.76 Å². The molecule has 0 spiro atoms. The molecule has 7 heteroatoms. The van der Waals surface area contributed by atoms with Gasteiger partial charge < -0.3 is 15.1 Å². The van der Waals surface area contributed by atoms with Crippen molar-refractivity contribution in [1.29, 1.82) is 0 Å². The highest BCUT2D eigenvalue weighted by atomic mass is 32.1. The number of nitrogens with zero attached hydrogens (tertiary/aromatic N) is 1. The lowest BCUT2D eigenvalue weighted by Gasteiger charge is -2.04. The topological polar surface area (TPSA) is 84.2 Å². The van der Waals surface area contributed by atoms with E-state index < -0.39 is 0 Å². The molecule has 2 aromatic carbocycles. The number of hydrogen-bond acceptors (Lipinski definition) is 5. The molecule has 0 radical (unpaired) electrons. The minimum Gasteiger partial charge on any atom is -0.459 e. The number of benzene rings is 2. The number of amides is 2. The van der Waals surface area contributed by atoms with E-state index in [4.69, 9.17) is 4.42 Å². The lowest BCUT2D eigenvalue weighted by atomic mass is 10.2. The SMILES string of the molecule is Cc1nc(-c2ccc(NC(=O)c3ccco3)cc2)sc1C(=O)Nc1ccccc1. The van der Waals surface area contributed by atoms with Gasteiger partial charge in [-0.3, -0.25) is 9.59 Å². The van der Waals surface area contributed by atoms with Gasteiger partial charge in [0.05, 0.1) is 12.0 Å². The van der Waals surface area contributed by atoms with E-state index in [0.717, 1.165) is 16.3 Å². The first kappa shape index (κ1) is 18.6. The fourth-order valence-electron chi connectivity index (χ4n) is 2.74. The number of thiazole rings is 1. The summed E-state index contributed by atoms with van der Waals surface area (Å²) in [5.41, 5.74) is 2.93. The van der Waals surface area contributed by atoms with E-state index in [-0.39, 0.29) is 17.6 Å². The maximum Gasteiger partial charge on any atom is 0.291 e. The van der Waals surface area contributed by atoms with Crippen molar-refractivity contribution in [3.63, 3.8) is 0 Å². The van der Waals surface area contributed by atoms with Gasteiger partial charge in [-0.15, -0.1) is 11.3 Å². The Morgan fingerprint density at radius 3 is 2.24 bits per heavy atom. The standard InChI is InChI=1S/C22H17N3O3S/c1-14-19(21(27)25-16-6-3-2-4-7-16)29-22(23-14)15-9-11-17(12-10-15)24-20(26)18-8-5-13-28-18/h2-13H,1H3,(H,24,26)(H,25,27). The number of nitrogens with one attached hydrogen (secondary N) is 2. The summed E-state index contributed by atoms with van der Waals surface area (Å²) in [4.78, 5) is 29.7. The van der Waals surface area contributed by atoms with Crippen molar-refractivity contribution < 1.29 is 14.0 Å². The van der Waals surface area contributed by atoms with Crippen LogP contribution in [0.1, 0.15) is 25.9 Å². The zero-order valence-electron chi connectivity index (χ0n) is 15.5. The molecule has 0 aliphatic carbocycles. The molecular weight excluding hydrogens is 386 g/mol. The predicted molar refractivity (Wildman–Crippen MR) is 113 cm³/mol. The zero-order valence-corrected chi connectivity index (χ0v) is 16.3. The molecule has 2 heterocycles. The van der Waals surface area contributed by atoms with Gasteiger partial charge in [-0.1, -0.05) is 18.2 Å². The number of anilines is 2. The van der Waals surface area contributed by atoms with E-state index in [1.807, 2.05) is 49.4 Å². The van der Waals surface area contributed by atoms with Crippen LogP contribution < -0.4 is 10.6 Å². The second-order valence-corrected chi connectivity index (χ2v) is 7.26. The number of aryl methyl sites for hydroxylation is 1. The fourth-order valence-corrected chi connectivity index (χ4v) is 3.70. The van der Waals surface area contributed by atoms with Gasteiger partial charge in [0.2, 0.25) is 0 Å². The van der Waals surface area contributed by atoms with Gasteiger partial charge in [0, 0.05) is 16.9 Å².